The van der Waals surface area contributed by atoms with E-state index in [2.05, 4.69) is 11.7 Å². The van der Waals surface area contributed by atoms with Gasteiger partial charge in [-0.3, -0.25) is 14.4 Å². The second kappa shape index (κ2) is 14.0. The molecule has 0 amide bonds. The van der Waals surface area contributed by atoms with Crippen LogP contribution >= 0.6 is 0 Å². The highest BCUT2D eigenvalue weighted by Gasteiger charge is 2.86. The van der Waals surface area contributed by atoms with E-state index >= 15 is 0 Å². The molecular formula is C38H56O13. The van der Waals surface area contributed by atoms with Gasteiger partial charge in [0.1, 0.15) is 5.41 Å². The lowest BCUT2D eigenvalue weighted by Gasteiger charge is -2.58. The van der Waals surface area contributed by atoms with Gasteiger partial charge in [0.05, 0.1) is 25.2 Å². The van der Waals surface area contributed by atoms with Gasteiger partial charge in [0, 0.05) is 18.9 Å². The molecule has 0 aromatic rings. The molecule has 4 bridgehead atoms. The highest BCUT2D eigenvalue weighted by molar-refractivity contribution is 5.94. The normalized spacial score (nSPS) is 43.7. The minimum Gasteiger partial charge on any atom is -0.481 e. The first-order chi connectivity index (χ1) is 24.2. The number of fused-ring (bicyclic) bond motifs is 2. The molecule has 2 heterocycles. The summed E-state index contributed by atoms with van der Waals surface area (Å²) in [6, 6.07) is 0. The van der Waals surface area contributed by atoms with Crippen molar-refractivity contribution >= 4 is 23.9 Å². The van der Waals surface area contributed by atoms with Crippen molar-refractivity contribution in [2.45, 2.75) is 135 Å². The summed E-state index contributed by atoms with van der Waals surface area (Å²) >= 11 is 0. The van der Waals surface area contributed by atoms with Crippen LogP contribution in [0.25, 0.3) is 0 Å². The van der Waals surface area contributed by atoms with Gasteiger partial charge in [-0.1, -0.05) is 64.5 Å². The molecule has 3 N–H and O–H groups in total. The monoisotopic (exact) mass is 720 g/mol. The maximum absolute atomic E-state index is 13.9. The van der Waals surface area contributed by atoms with E-state index in [1.807, 2.05) is 19.9 Å². The van der Waals surface area contributed by atoms with Crippen LogP contribution < -0.4 is 0 Å². The Balaban J connectivity index is 1.23. The smallest absolute Gasteiger partial charge is 0.338 e. The van der Waals surface area contributed by atoms with Crippen molar-refractivity contribution in [3.63, 3.8) is 0 Å². The van der Waals surface area contributed by atoms with Crippen molar-refractivity contribution in [3.8, 4) is 0 Å². The molecule has 2 saturated heterocycles. The molecule has 13 heteroatoms. The van der Waals surface area contributed by atoms with Crippen molar-refractivity contribution in [3.05, 3.63) is 11.6 Å². The maximum Gasteiger partial charge on any atom is 0.338 e. The van der Waals surface area contributed by atoms with Crippen LogP contribution in [0, 0.1) is 45.8 Å². The number of allylic oxidation sites excluding steroid dienone is 1. The predicted octanol–water partition coefficient (Wildman–Crippen LogP) is 4.48. The van der Waals surface area contributed by atoms with E-state index in [9.17, 15) is 34.5 Å². The average Bonchev–Trinajstić information content (AvgIpc) is 3.76. The number of aliphatic hydroxyl groups is 1. The molecule has 1 spiro atoms. The number of methoxy groups -OCH3 is 2. The molecular weight excluding hydrogens is 664 g/mol. The van der Waals surface area contributed by atoms with Crippen LogP contribution in [0.15, 0.2) is 11.6 Å². The summed E-state index contributed by atoms with van der Waals surface area (Å²) in [5.74, 6) is -5.59. The minimum absolute atomic E-state index is 0.00940. The number of carbonyl (C=O) groups is 4. The van der Waals surface area contributed by atoms with Crippen molar-refractivity contribution in [1.29, 1.82) is 0 Å². The van der Waals surface area contributed by atoms with Crippen LogP contribution in [0.3, 0.4) is 0 Å². The number of aliphatic hydroxyl groups excluding tert-OH is 1. The molecule has 0 aromatic heterocycles. The zero-order valence-corrected chi connectivity index (χ0v) is 30.8. The zero-order valence-electron chi connectivity index (χ0n) is 30.8. The molecule has 13 unspecified atom stereocenters. The maximum atomic E-state index is 13.9. The van der Waals surface area contributed by atoms with Crippen LogP contribution in [0.1, 0.15) is 98.3 Å². The van der Waals surface area contributed by atoms with Crippen LogP contribution in [0.4, 0.5) is 0 Å². The number of esters is 2. The third-order valence-corrected chi connectivity index (χ3v) is 13.7. The fourth-order valence-corrected chi connectivity index (χ4v) is 11.7. The second-order valence-electron chi connectivity index (χ2n) is 16.4. The first-order valence-corrected chi connectivity index (χ1v) is 18.8. The van der Waals surface area contributed by atoms with E-state index in [0.717, 1.165) is 32.1 Å². The Labute approximate surface area is 299 Å². The lowest BCUT2D eigenvalue weighted by Crippen LogP contribution is -2.68. The van der Waals surface area contributed by atoms with Crippen LogP contribution in [0.2, 0.25) is 0 Å². The van der Waals surface area contributed by atoms with E-state index in [1.165, 1.54) is 14.2 Å². The van der Waals surface area contributed by atoms with Crippen LogP contribution in [-0.4, -0.2) is 96.5 Å². The van der Waals surface area contributed by atoms with Gasteiger partial charge in [0.15, 0.2) is 24.6 Å². The lowest BCUT2D eigenvalue weighted by molar-refractivity contribution is -0.386. The van der Waals surface area contributed by atoms with Gasteiger partial charge < -0.3 is 43.7 Å². The van der Waals surface area contributed by atoms with E-state index in [1.54, 1.807) is 6.92 Å². The van der Waals surface area contributed by atoms with Gasteiger partial charge in [-0.15, -0.1) is 0 Å². The Kier molecular flexibility index (Phi) is 10.5. The molecule has 6 aliphatic rings. The van der Waals surface area contributed by atoms with E-state index < -0.39 is 70.6 Å². The molecule has 13 nitrogen and oxygen atoms in total. The SMILES string of the molecule is COC(=O)CCCCCCCC1OC2(OC1=O)C(O)C(OCC13CC4C(C)CCC4C4(C(=O)O)CC1C=C(C(C)C)C34C(=O)O)OC(C)C2OC. The molecule has 4 aliphatic carbocycles. The number of aliphatic carboxylic acids is 2. The van der Waals surface area contributed by atoms with Crippen molar-refractivity contribution in [1.82, 2.24) is 0 Å². The Morgan fingerprint density at radius 1 is 1.00 bits per heavy atom. The summed E-state index contributed by atoms with van der Waals surface area (Å²) in [6.45, 7) is 7.50. The van der Waals surface area contributed by atoms with Gasteiger partial charge in [-0.05, 0) is 68.6 Å². The number of hydrogen-bond donors (Lipinski definition) is 3. The summed E-state index contributed by atoms with van der Waals surface area (Å²) in [5.41, 5.74) is -3.64. The number of carbonyl (C=O) groups excluding carboxylic acids is 2. The number of hydrogen-bond acceptors (Lipinski definition) is 11. The summed E-state index contributed by atoms with van der Waals surface area (Å²) in [7, 11) is 2.78. The molecule has 0 aromatic carbocycles. The third-order valence-electron chi connectivity index (χ3n) is 13.7. The third kappa shape index (κ3) is 5.41. The van der Waals surface area contributed by atoms with E-state index in [-0.39, 0.29) is 48.6 Å². The van der Waals surface area contributed by atoms with Crippen LogP contribution in [0.5, 0.6) is 0 Å². The fourth-order valence-electron chi connectivity index (χ4n) is 11.7. The summed E-state index contributed by atoms with van der Waals surface area (Å²) in [6.07, 6.45) is 3.11. The highest BCUT2D eigenvalue weighted by Crippen LogP contribution is 2.83. The summed E-state index contributed by atoms with van der Waals surface area (Å²) < 4.78 is 35.2. The molecule has 5 fully saturated rings. The molecule has 6 rings (SSSR count). The average molecular weight is 721 g/mol. The fraction of sp³-hybridized carbons (Fsp3) is 0.842. The molecule has 0 radical (unpaired) electrons. The Morgan fingerprint density at radius 2 is 1.71 bits per heavy atom. The molecule has 286 valence electrons. The number of carboxylic acids is 2. The molecule has 13 atom stereocenters. The number of ether oxygens (including phenoxy) is 6. The zero-order chi connectivity index (χ0) is 37.1. The Morgan fingerprint density at radius 3 is 2.35 bits per heavy atom. The van der Waals surface area contributed by atoms with Gasteiger partial charge in [0.2, 0.25) is 0 Å². The first-order valence-electron chi connectivity index (χ1n) is 18.8. The van der Waals surface area contributed by atoms with Gasteiger partial charge in [-0.2, -0.15) is 0 Å². The number of rotatable bonds is 15. The van der Waals surface area contributed by atoms with Crippen LogP contribution in [-0.2, 0) is 47.6 Å². The number of carboxylic acid groups (broad SMARTS) is 2. The minimum atomic E-state index is -1.93. The molecule has 3 saturated carbocycles. The highest BCUT2D eigenvalue weighted by atomic mass is 16.8. The second-order valence-corrected chi connectivity index (χ2v) is 16.4. The Bertz CT molecular complexity index is 1410. The lowest BCUT2D eigenvalue weighted by atomic mass is 9.42. The molecule has 51 heavy (non-hydrogen) atoms. The quantitative estimate of drug-likeness (QED) is 0.122. The summed E-state index contributed by atoms with van der Waals surface area (Å²) in [5, 5.41) is 34.3. The topological polar surface area (TPSA) is 184 Å². The van der Waals surface area contributed by atoms with Crippen molar-refractivity contribution in [2.75, 3.05) is 20.8 Å². The Hall–Kier alpha value is -2.58. The van der Waals surface area contributed by atoms with E-state index in [0.29, 0.717) is 37.7 Å². The largest absolute Gasteiger partial charge is 0.481 e. The predicted molar refractivity (Wildman–Crippen MR) is 179 cm³/mol. The van der Waals surface area contributed by atoms with Gasteiger partial charge >= 0.3 is 23.9 Å². The number of unbranched alkanes of at least 4 members (excludes halogenated alkanes) is 4. The first kappa shape index (κ1) is 38.2. The molecule has 2 aliphatic heterocycles. The summed E-state index contributed by atoms with van der Waals surface area (Å²) in [4.78, 5) is 52.0. The van der Waals surface area contributed by atoms with Gasteiger partial charge in [-0.25, -0.2) is 4.79 Å². The van der Waals surface area contributed by atoms with E-state index in [4.69, 9.17) is 23.7 Å². The van der Waals surface area contributed by atoms with Gasteiger partial charge in [0.25, 0.3) is 5.79 Å². The van der Waals surface area contributed by atoms with Crippen molar-refractivity contribution < 1.29 is 62.9 Å². The standard InChI is InChI=1S/C38H56O13/c1-20(2)26-16-23-17-36(33(42)43)25-15-14-21(3)24(25)18-35(23,37(26,36)34(44)45)19-48-32-29(40)38(30(47-6)22(4)49-32)50-27(31(41)51-38)12-10-8-7-9-11-13-28(39)46-5/h16,20-25,27,29-30,32,40H,7-15,17-19H2,1-6H3,(H,42,43)(H,44,45). The van der Waals surface area contributed by atoms with Crippen molar-refractivity contribution in [2.24, 2.45) is 45.8 Å².